The highest BCUT2D eigenvalue weighted by molar-refractivity contribution is 7.91. The Morgan fingerprint density at radius 1 is 1.20 bits per heavy atom. The number of rotatable bonds is 11. The summed E-state index contributed by atoms with van der Waals surface area (Å²) in [6.45, 7) is 4.47. The van der Waals surface area contributed by atoms with Crippen LogP contribution in [0.15, 0.2) is 47.4 Å². The minimum Gasteiger partial charge on any atom is -0.496 e. The van der Waals surface area contributed by atoms with Gasteiger partial charge in [0.25, 0.3) is 0 Å². The third-order valence-corrected chi connectivity index (χ3v) is 9.45. The third-order valence-electron chi connectivity index (χ3n) is 6.69. The Balaban J connectivity index is 2.10. The van der Waals surface area contributed by atoms with E-state index in [0.29, 0.717) is 23.3 Å². The molecule has 194 valence electrons. The Hall–Kier alpha value is -1.74. The van der Waals surface area contributed by atoms with Gasteiger partial charge in [-0.1, -0.05) is 57.0 Å². The number of hydrogen-bond acceptors (Lipinski definition) is 6. The van der Waals surface area contributed by atoms with Gasteiger partial charge in [-0.2, -0.15) is 0 Å². The maximum atomic E-state index is 13.8. The van der Waals surface area contributed by atoms with E-state index in [-0.39, 0.29) is 35.9 Å². The van der Waals surface area contributed by atoms with Crippen LogP contribution < -0.4 is 15.4 Å². The smallest absolute Gasteiger partial charge is 0.326 e. The van der Waals surface area contributed by atoms with Crippen molar-refractivity contribution in [3.63, 3.8) is 0 Å². The van der Waals surface area contributed by atoms with Gasteiger partial charge in [0.2, 0.25) is 0 Å². The maximum absolute atomic E-state index is 13.8. The Morgan fingerprint density at radius 3 is 2.51 bits per heavy atom. The molecule has 4 N–H and O–H groups in total. The maximum Gasteiger partial charge on any atom is 0.326 e. The monoisotopic (exact) mass is 524 g/mol. The molecule has 3 rings (SSSR count). The van der Waals surface area contributed by atoms with Gasteiger partial charge in [-0.15, -0.1) is 0 Å². The summed E-state index contributed by atoms with van der Waals surface area (Å²) in [5.74, 6) is 0.535. The van der Waals surface area contributed by atoms with E-state index in [9.17, 15) is 13.0 Å². The lowest BCUT2D eigenvalue weighted by molar-refractivity contribution is 0.294. The lowest BCUT2D eigenvalue weighted by Gasteiger charge is -2.36. The molecule has 0 saturated carbocycles. The van der Waals surface area contributed by atoms with E-state index < -0.39 is 23.0 Å². The zero-order valence-corrected chi connectivity index (χ0v) is 22.4. The summed E-state index contributed by atoms with van der Waals surface area (Å²) in [5.41, 5.74) is 1.70. The van der Waals surface area contributed by atoms with Crippen molar-refractivity contribution in [1.82, 2.24) is 10.6 Å². The molecule has 0 fully saturated rings. The minimum absolute atomic E-state index is 0.00420. The van der Waals surface area contributed by atoms with Gasteiger partial charge in [-0.25, -0.2) is 8.42 Å². The third kappa shape index (κ3) is 6.94. The predicted molar refractivity (Wildman–Crippen MR) is 138 cm³/mol. The first-order valence-corrected chi connectivity index (χ1v) is 15.5. The molecule has 1 aliphatic rings. The molecule has 35 heavy (non-hydrogen) atoms. The van der Waals surface area contributed by atoms with Crippen LogP contribution in [0.5, 0.6) is 5.75 Å². The lowest BCUT2D eigenvalue weighted by Crippen LogP contribution is -2.50. The van der Waals surface area contributed by atoms with Crippen LogP contribution in [0.2, 0.25) is 0 Å². The molecule has 1 heterocycles. The Bertz CT molecular complexity index is 1150. The zero-order chi connectivity index (χ0) is 25.7. The van der Waals surface area contributed by atoms with Crippen molar-refractivity contribution in [2.75, 3.05) is 25.6 Å². The van der Waals surface area contributed by atoms with E-state index >= 15 is 0 Å². The van der Waals surface area contributed by atoms with Gasteiger partial charge < -0.3 is 19.8 Å². The number of benzene rings is 2. The van der Waals surface area contributed by atoms with Crippen LogP contribution in [0, 0.1) is 0 Å². The molecule has 2 atom stereocenters. The van der Waals surface area contributed by atoms with Crippen LogP contribution in [0.4, 0.5) is 0 Å². The summed E-state index contributed by atoms with van der Waals surface area (Å²) in [6, 6.07) is 13.0. The van der Waals surface area contributed by atoms with Gasteiger partial charge in [0.1, 0.15) is 5.75 Å². The first kappa shape index (κ1) is 27.8. The normalized spacial score (nSPS) is 21.8. The fourth-order valence-electron chi connectivity index (χ4n) is 4.70. The fourth-order valence-corrected chi connectivity index (χ4v) is 7.33. The van der Waals surface area contributed by atoms with Gasteiger partial charge in [0.05, 0.1) is 30.0 Å². The molecule has 2 unspecified atom stereocenters. The molecule has 0 aliphatic carbocycles. The quantitative estimate of drug-likeness (QED) is 0.259. The molecule has 2 aromatic rings. The highest BCUT2D eigenvalue weighted by Crippen LogP contribution is 2.41. The predicted octanol–water partition coefficient (Wildman–Crippen LogP) is 3.77. The van der Waals surface area contributed by atoms with Gasteiger partial charge in [0, 0.05) is 24.2 Å². The van der Waals surface area contributed by atoms with Gasteiger partial charge in [0.15, 0.2) is 9.84 Å². The van der Waals surface area contributed by atoms with E-state index in [1.54, 1.807) is 12.1 Å². The zero-order valence-electron chi connectivity index (χ0n) is 20.7. The van der Waals surface area contributed by atoms with E-state index in [4.69, 9.17) is 14.5 Å². The van der Waals surface area contributed by atoms with Crippen LogP contribution in [-0.2, 0) is 20.9 Å². The average molecular weight is 525 g/mol. The SMILES string of the molecule is CCCCC1(CC)CS(=O)(=O)c2cc(CNCCP(=O)(O)O)c(OC)cc2C(c2ccccc2)N1. The van der Waals surface area contributed by atoms with Crippen LogP contribution >= 0.6 is 7.60 Å². The number of fused-ring (bicyclic) bond motifs is 1. The summed E-state index contributed by atoms with van der Waals surface area (Å²) in [7, 11) is -6.22. The summed E-state index contributed by atoms with van der Waals surface area (Å²) in [4.78, 5) is 18.5. The van der Waals surface area contributed by atoms with Crippen LogP contribution in [0.3, 0.4) is 0 Å². The highest BCUT2D eigenvalue weighted by atomic mass is 32.2. The van der Waals surface area contributed by atoms with Crippen LogP contribution in [-0.4, -0.2) is 49.3 Å². The van der Waals surface area contributed by atoms with Crippen LogP contribution in [0.1, 0.15) is 62.3 Å². The summed E-state index contributed by atoms with van der Waals surface area (Å²) in [6.07, 6.45) is 3.04. The summed E-state index contributed by atoms with van der Waals surface area (Å²) in [5, 5.41) is 6.74. The second-order valence-corrected chi connectivity index (χ2v) is 13.0. The second kappa shape index (κ2) is 11.5. The molecule has 0 amide bonds. The molecule has 0 spiro atoms. The molecule has 0 bridgehead atoms. The number of methoxy groups -OCH3 is 1. The molecular weight excluding hydrogens is 487 g/mol. The van der Waals surface area contributed by atoms with Crippen molar-refractivity contribution >= 4 is 17.4 Å². The largest absolute Gasteiger partial charge is 0.496 e. The first-order valence-electron chi connectivity index (χ1n) is 12.1. The Kier molecular flexibility index (Phi) is 9.18. The van der Waals surface area contributed by atoms with Crippen molar-refractivity contribution in [1.29, 1.82) is 0 Å². The molecule has 2 aromatic carbocycles. The second-order valence-electron chi connectivity index (χ2n) is 9.25. The van der Waals surface area contributed by atoms with E-state index in [1.807, 2.05) is 37.3 Å². The molecule has 1 aliphatic heterocycles. The standard InChI is InChI=1S/C25H37N2O6PS/c1-4-6-12-25(5-2)18-35(31,32)23-15-20(17-26-13-14-34(28,29)30)22(33-3)16-21(23)24(27-25)19-10-8-7-9-11-19/h7-11,15-16,24,26-27H,4-6,12-14,17-18H2,1-3H3,(H2,28,29,30). The van der Waals surface area contributed by atoms with E-state index in [1.165, 1.54) is 7.11 Å². The molecule has 0 aromatic heterocycles. The summed E-state index contributed by atoms with van der Waals surface area (Å²) < 4.78 is 44.4. The van der Waals surface area contributed by atoms with Crippen molar-refractivity contribution in [2.45, 2.75) is 62.6 Å². The molecule has 10 heteroatoms. The van der Waals surface area contributed by atoms with Gasteiger partial charge in [-0.3, -0.25) is 9.88 Å². The number of ether oxygens (including phenoxy) is 1. The fraction of sp³-hybridized carbons (Fsp3) is 0.520. The lowest BCUT2D eigenvalue weighted by atomic mass is 9.88. The van der Waals surface area contributed by atoms with Crippen molar-refractivity contribution < 1.29 is 27.5 Å². The van der Waals surface area contributed by atoms with E-state index in [0.717, 1.165) is 24.8 Å². The molecular formula is C25H37N2O6PS. The number of unbranched alkanes of at least 4 members (excludes halogenated alkanes) is 1. The Labute approximate surface area is 208 Å². The molecule has 0 saturated heterocycles. The summed E-state index contributed by atoms with van der Waals surface area (Å²) >= 11 is 0. The van der Waals surface area contributed by atoms with E-state index in [2.05, 4.69) is 17.6 Å². The van der Waals surface area contributed by atoms with Crippen molar-refractivity contribution in [3.8, 4) is 5.75 Å². The van der Waals surface area contributed by atoms with Crippen LogP contribution in [0.25, 0.3) is 0 Å². The topological polar surface area (TPSA) is 125 Å². The van der Waals surface area contributed by atoms with Crippen molar-refractivity contribution in [2.24, 2.45) is 0 Å². The average Bonchev–Trinajstić information content (AvgIpc) is 2.92. The molecule has 8 nitrogen and oxygen atoms in total. The molecule has 0 radical (unpaired) electrons. The minimum atomic E-state index is -4.12. The first-order chi connectivity index (χ1) is 16.5. The number of nitrogens with one attached hydrogen (secondary N) is 2. The highest BCUT2D eigenvalue weighted by Gasteiger charge is 2.42. The number of sulfone groups is 1. The van der Waals surface area contributed by atoms with Gasteiger partial charge in [-0.05, 0) is 36.1 Å². The number of hydrogen-bond donors (Lipinski definition) is 4. The van der Waals surface area contributed by atoms with Crippen molar-refractivity contribution in [3.05, 3.63) is 59.2 Å². The van der Waals surface area contributed by atoms with Gasteiger partial charge >= 0.3 is 7.60 Å². The Morgan fingerprint density at radius 2 is 1.91 bits per heavy atom.